The van der Waals surface area contributed by atoms with Crippen LogP contribution >= 0.6 is 0 Å². The summed E-state index contributed by atoms with van der Waals surface area (Å²) in [6.07, 6.45) is -2.33. The Balaban J connectivity index is -0.00000000750. The van der Waals surface area contributed by atoms with Gasteiger partial charge < -0.3 is 19.7 Å². The average Bonchev–Trinajstić information content (AvgIpc) is 0.811. The first-order valence-corrected chi connectivity index (χ1v) is 0.612. The summed E-state index contributed by atoms with van der Waals surface area (Å²) in [5.74, 6) is 0. The zero-order chi connectivity index (χ0) is 3.58. The summed E-state index contributed by atoms with van der Waals surface area (Å²) in [4.78, 5) is 8.33. The smallest absolute Gasteiger partial charge is 1.00 e. The van der Waals surface area contributed by atoms with Gasteiger partial charge in [-0.05, 0) is 6.16 Å². The van der Waals surface area contributed by atoms with E-state index in [0.29, 0.717) is 0 Å². The summed E-state index contributed by atoms with van der Waals surface area (Å²) >= 11 is 0. The fourth-order valence-corrected chi connectivity index (χ4v) is 0. The quantitative estimate of drug-likeness (QED) is 0.393. The third-order valence-electron chi connectivity index (χ3n) is 0. The van der Waals surface area contributed by atoms with E-state index in [1.54, 1.807) is 0 Å². The van der Waals surface area contributed by atoms with Crippen LogP contribution in [0, 0.1) is 41.7 Å². The van der Waals surface area contributed by atoms with E-state index in [-0.39, 0.29) is 125 Å². The van der Waals surface area contributed by atoms with Gasteiger partial charge in [0.2, 0.25) is 0 Å². The van der Waals surface area contributed by atoms with Gasteiger partial charge >= 0.3 is 120 Å². The Morgan fingerprint density at radius 2 is 1.25 bits per heavy atom. The maximum absolute atomic E-state index is 8.33. The van der Waals surface area contributed by atoms with Gasteiger partial charge in [-0.3, -0.25) is 0 Å². The maximum Gasteiger partial charge on any atom is 3.00 e. The van der Waals surface area contributed by atoms with Crippen LogP contribution in [-0.2, 0) is 0 Å². The van der Waals surface area contributed by atoms with Crippen molar-refractivity contribution in [1.82, 2.24) is 0 Å². The molecule has 8 heavy (non-hydrogen) atoms. The van der Waals surface area contributed by atoms with Gasteiger partial charge in [0.25, 0.3) is 0 Å². The van der Waals surface area contributed by atoms with Crippen LogP contribution in [0.2, 0.25) is 0 Å². The molecule has 1 radical (unpaired) electrons. The Hall–Kier alpha value is 3.15. The molecule has 0 amide bonds. The Kier molecular flexibility index (Phi) is 85.3. The molecule has 33 valence electrons. The van der Waals surface area contributed by atoms with E-state index in [4.69, 9.17) is 15.0 Å². The zero-order valence-corrected chi connectivity index (χ0v) is 13.9. The third kappa shape index (κ3) is 61.3. The topological polar surface area (TPSA) is 63.2 Å². The van der Waals surface area contributed by atoms with Crippen molar-refractivity contribution in [2.24, 2.45) is 0 Å². The van der Waals surface area contributed by atoms with Crippen LogP contribution in [0.15, 0.2) is 0 Å². The standard InChI is InChI=1S/CH2O3.Ba.Ce.FH.Na/c2-1(3)4;;;;/h(H2,2,3,4);;;1H;/q;+2;+3;;+1/p-3. The van der Waals surface area contributed by atoms with Gasteiger partial charge in [-0.1, -0.05) is 0 Å². The van der Waals surface area contributed by atoms with Gasteiger partial charge in [0.1, 0.15) is 0 Å². The van der Waals surface area contributed by atoms with E-state index in [1.807, 2.05) is 0 Å². The molecule has 0 fully saturated rings. The van der Waals surface area contributed by atoms with Gasteiger partial charge in [-0.2, -0.15) is 0 Å². The molecule has 0 spiro atoms. The summed E-state index contributed by atoms with van der Waals surface area (Å²) in [6.45, 7) is 0. The number of hydrogen-bond acceptors (Lipinski definition) is 3. The first-order chi connectivity index (χ1) is 1.73. The molecule has 0 aliphatic carbocycles. The fraction of sp³-hybridized carbons (Fsp3) is 0. The van der Waals surface area contributed by atoms with E-state index >= 15 is 0 Å². The van der Waals surface area contributed by atoms with E-state index in [2.05, 4.69) is 0 Å². The SMILES string of the molecule is O=C([O-])[O-].[Ba+2].[Ce+3].[F-].[Na+]. The van der Waals surface area contributed by atoms with Crippen LogP contribution in [0.1, 0.15) is 0 Å². The van der Waals surface area contributed by atoms with Gasteiger partial charge in [-0.25, -0.2) is 0 Å². The van der Waals surface area contributed by atoms with Crippen molar-refractivity contribution < 1.29 is 91.0 Å². The summed E-state index contributed by atoms with van der Waals surface area (Å²) in [5.41, 5.74) is 0. The Morgan fingerprint density at radius 1 is 1.25 bits per heavy atom. The third-order valence-corrected chi connectivity index (χ3v) is 0. The molecule has 0 saturated heterocycles. The molecule has 0 bridgehead atoms. The number of hydrogen-bond donors (Lipinski definition) is 0. The van der Waals surface area contributed by atoms with Gasteiger partial charge in [0.05, 0.1) is 0 Å². The Morgan fingerprint density at radius 3 is 1.25 bits per heavy atom. The minimum Gasteiger partial charge on any atom is -1.00 e. The number of halogens is 1. The summed E-state index contributed by atoms with van der Waals surface area (Å²) in [6, 6.07) is 0. The van der Waals surface area contributed by atoms with E-state index in [9.17, 15) is 0 Å². The molecule has 7 heteroatoms. The second kappa shape index (κ2) is 22.5. The molecule has 0 unspecified atom stereocenters. The van der Waals surface area contributed by atoms with Crippen molar-refractivity contribution >= 4 is 55.0 Å². The molecule has 0 aromatic heterocycles. The van der Waals surface area contributed by atoms with Crippen LogP contribution in [-0.4, -0.2) is 55.0 Å². The maximum atomic E-state index is 8.33. The minimum atomic E-state index is -2.33. The molecular formula is CBaCeFNaO3+3. The fourth-order valence-electron chi connectivity index (χ4n) is 0. The van der Waals surface area contributed by atoms with Gasteiger partial charge in [0.15, 0.2) is 0 Å². The van der Waals surface area contributed by atoms with Crippen LogP contribution in [0.25, 0.3) is 0 Å². The second-order valence-electron chi connectivity index (χ2n) is 0.250. The van der Waals surface area contributed by atoms with Crippen LogP contribution in [0.3, 0.4) is 0 Å². The molecule has 0 aliphatic heterocycles. The molecule has 0 aliphatic rings. The van der Waals surface area contributed by atoms with Gasteiger partial charge in [-0.15, -0.1) is 0 Å². The van der Waals surface area contributed by atoms with Gasteiger partial charge in [0, 0.05) is 0 Å². The van der Waals surface area contributed by atoms with Crippen molar-refractivity contribution in [3.8, 4) is 0 Å². The van der Waals surface area contributed by atoms with Crippen molar-refractivity contribution in [3.05, 3.63) is 0 Å². The number of carboxylic acid groups (broad SMARTS) is 2. The second-order valence-corrected chi connectivity index (χ2v) is 0.250. The molecule has 3 nitrogen and oxygen atoms in total. The molecule has 0 heterocycles. The summed E-state index contributed by atoms with van der Waals surface area (Å²) < 4.78 is 0. The molecular weight excluding hydrogens is 379 g/mol. The number of carbonyl (C=O) groups is 1. The van der Waals surface area contributed by atoms with Crippen LogP contribution < -0.4 is 44.5 Å². The number of carbonyl (C=O) groups excluding carboxylic acids is 1. The normalized spacial score (nSPS) is 3.00. The van der Waals surface area contributed by atoms with Crippen LogP contribution in [0.5, 0.6) is 0 Å². The Labute approximate surface area is 142 Å². The van der Waals surface area contributed by atoms with Crippen molar-refractivity contribution in [1.29, 1.82) is 0 Å². The van der Waals surface area contributed by atoms with Crippen molar-refractivity contribution in [3.63, 3.8) is 0 Å². The largest absolute Gasteiger partial charge is 3.00 e. The summed E-state index contributed by atoms with van der Waals surface area (Å²) in [7, 11) is 0. The first kappa shape index (κ1) is 30.4. The average molecular weight is 379 g/mol. The zero-order valence-electron chi connectivity index (χ0n) is 4.31. The Bertz CT molecular complexity index is 42.3. The van der Waals surface area contributed by atoms with E-state index < -0.39 is 6.16 Å². The molecule has 0 rings (SSSR count). The predicted molar refractivity (Wildman–Crippen MR) is 11.1 cm³/mol. The van der Waals surface area contributed by atoms with E-state index in [1.165, 1.54) is 0 Å². The van der Waals surface area contributed by atoms with Crippen molar-refractivity contribution in [2.45, 2.75) is 0 Å². The first-order valence-electron chi connectivity index (χ1n) is 0.612. The van der Waals surface area contributed by atoms with Crippen molar-refractivity contribution in [2.75, 3.05) is 0 Å². The predicted octanol–water partition coefficient (Wildman–Crippen LogP) is -8.82. The molecule has 0 aromatic rings. The monoisotopic (exact) mass is 380 g/mol. The summed E-state index contributed by atoms with van der Waals surface area (Å²) in [5, 5.41) is 16.7. The minimum absolute atomic E-state index is 0. The number of rotatable bonds is 0. The molecule has 0 N–H and O–H groups in total. The van der Waals surface area contributed by atoms with E-state index in [0.717, 1.165) is 0 Å². The molecule has 0 aromatic carbocycles. The molecule has 0 atom stereocenters. The van der Waals surface area contributed by atoms with Crippen LogP contribution in [0.4, 0.5) is 4.79 Å². The molecule has 0 saturated carbocycles.